The van der Waals surface area contributed by atoms with E-state index in [1.807, 2.05) is 0 Å². The van der Waals surface area contributed by atoms with E-state index in [1.54, 1.807) is 25.3 Å². The van der Waals surface area contributed by atoms with Gasteiger partial charge in [-0.15, -0.1) is 11.8 Å². The Morgan fingerprint density at radius 1 is 1.46 bits per heavy atom. The third-order valence-corrected chi connectivity index (χ3v) is 5.80. The topological polar surface area (TPSA) is 105 Å². The minimum absolute atomic E-state index is 0.0358. The third kappa shape index (κ3) is 3.97. The monoisotopic (exact) mass is 424 g/mol. The highest BCUT2D eigenvalue weighted by Crippen LogP contribution is 2.42. The Morgan fingerprint density at radius 2 is 2.14 bits per heavy atom. The van der Waals surface area contributed by atoms with Crippen molar-refractivity contribution in [3.8, 4) is 0 Å². The van der Waals surface area contributed by atoms with Crippen LogP contribution in [0, 0.1) is 10.1 Å². The molecule has 0 radical (unpaired) electrons. The van der Waals surface area contributed by atoms with E-state index in [-0.39, 0.29) is 34.3 Å². The first-order chi connectivity index (χ1) is 13.3. The average molecular weight is 425 g/mol. The van der Waals surface area contributed by atoms with Crippen LogP contribution < -0.4 is 0 Å². The number of halogens is 1. The number of ether oxygens (including phenoxy) is 1. The Labute approximate surface area is 170 Å². The van der Waals surface area contributed by atoms with E-state index >= 15 is 0 Å². The van der Waals surface area contributed by atoms with Gasteiger partial charge in [0.1, 0.15) is 17.7 Å². The Bertz CT molecular complexity index is 871. The maximum absolute atomic E-state index is 12.5. The highest BCUT2D eigenvalue weighted by Gasteiger charge is 2.53. The second kappa shape index (κ2) is 8.19. The molecule has 1 aromatic carbocycles. The third-order valence-electron chi connectivity index (χ3n) is 4.06. The summed E-state index contributed by atoms with van der Waals surface area (Å²) in [4.78, 5) is 42.5. The maximum atomic E-state index is 12.5. The van der Waals surface area contributed by atoms with Crippen molar-refractivity contribution >= 4 is 47.3 Å². The molecule has 2 heterocycles. The summed E-state index contributed by atoms with van der Waals surface area (Å²) in [5.74, 6) is -0.640. The molecule has 1 amide bonds. The zero-order valence-electron chi connectivity index (χ0n) is 15.1. The largest absolute Gasteiger partial charge is 0.456 e. The number of thioether (sulfide) groups is 1. The van der Waals surface area contributed by atoms with Crippen LogP contribution in [0.15, 0.2) is 40.0 Å². The van der Waals surface area contributed by atoms with Gasteiger partial charge in [0.25, 0.3) is 11.6 Å². The number of non-ortho nitro benzene ring substituents is 1. The number of esters is 1. The predicted octanol–water partition coefficient (Wildman–Crippen LogP) is 1.96. The molecule has 0 aromatic heterocycles. The zero-order valence-corrected chi connectivity index (χ0v) is 16.6. The lowest BCUT2D eigenvalue weighted by molar-refractivity contribution is -0.384. The van der Waals surface area contributed by atoms with Crippen LogP contribution in [-0.4, -0.2) is 64.2 Å². The van der Waals surface area contributed by atoms with Gasteiger partial charge in [-0.1, -0.05) is 11.6 Å². The number of β-lactam (4-membered cyclic amide) rings is 1. The summed E-state index contributed by atoms with van der Waals surface area (Å²) >= 11 is 7.63. The van der Waals surface area contributed by atoms with Gasteiger partial charge in [0, 0.05) is 32.0 Å². The molecular weight excluding hydrogens is 408 g/mol. The molecule has 148 valence electrons. The number of nitro benzene ring substituents is 1. The smallest absolute Gasteiger partial charge is 0.356 e. The normalized spacial score (nSPS) is 21.4. The molecule has 1 unspecified atom stereocenters. The molecule has 2 atom stereocenters. The second-order valence-corrected chi connectivity index (χ2v) is 7.90. The fourth-order valence-corrected chi connectivity index (χ4v) is 4.23. The van der Waals surface area contributed by atoms with E-state index in [9.17, 15) is 19.7 Å². The average Bonchev–Trinajstić information content (AvgIpc) is 2.66. The molecule has 2 aliphatic heterocycles. The molecule has 0 aliphatic carbocycles. The van der Waals surface area contributed by atoms with Gasteiger partial charge in [-0.2, -0.15) is 0 Å². The number of rotatable bonds is 6. The maximum Gasteiger partial charge on any atom is 0.356 e. The number of aliphatic imine (C=N–C) groups is 1. The highest BCUT2D eigenvalue weighted by molar-refractivity contribution is 8.00. The Balaban J connectivity index is 1.67. The number of fused-ring (bicyclic) bond motifs is 1. The van der Waals surface area contributed by atoms with E-state index in [2.05, 4.69) is 4.99 Å². The van der Waals surface area contributed by atoms with Crippen LogP contribution in [0.1, 0.15) is 5.56 Å². The number of nitro groups is 1. The van der Waals surface area contributed by atoms with E-state index in [1.165, 1.54) is 40.9 Å². The van der Waals surface area contributed by atoms with Crippen LogP contribution in [0.4, 0.5) is 5.69 Å². The molecular formula is C17H17ClN4O5S. The van der Waals surface area contributed by atoms with Crippen molar-refractivity contribution in [1.82, 2.24) is 9.80 Å². The predicted molar refractivity (Wildman–Crippen MR) is 105 cm³/mol. The molecule has 0 N–H and O–H groups in total. The number of carbonyl (C=O) groups excluding carboxylic acids is 2. The molecule has 0 saturated carbocycles. The van der Waals surface area contributed by atoms with Crippen LogP contribution in [0.2, 0.25) is 0 Å². The Kier molecular flexibility index (Phi) is 5.90. The van der Waals surface area contributed by atoms with Crippen molar-refractivity contribution in [2.45, 2.75) is 18.0 Å². The van der Waals surface area contributed by atoms with Gasteiger partial charge in [0.05, 0.1) is 16.3 Å². The lowest BCUT2D eigenvalue weighted by Crippen LogP contribution is -2.64. The van der Waals surface area contributed by atoms with Crippen molar-refractivity contribution in [2.75, 3.05) is 19.8 Å². The summed E-state index contributed by atoms with van der Waals surface area (Å²) in [5, 5.41) is 10.6. The first-order valence-corrected chi connectivity index (χ1v) is 9.65. The van der Waals surface area contributed by atoms with E-state index in [0.29, 0.717) is 11.3 Å². The minimum Gasteiger partial charge on any atom is -0.456 e. The first kappa shape index (κ1) is 20.2. The van der Waals surface area contributed by atoms with E-state index in [4.69, 9.17) is 16.3 Å². The van der Waals surface area contributed by atoms with Crippen LogP contribution >= 0.6 is 23.4 Å². The highest BCUT2D eigenvalue weighted by atomic mass is 35.5. The van der Waals surface area contributed by atoms with Crippen molar-refractivity contribution in [3.63, 3.8) is 0 Å². The molecule has 1 saturated heterocycles. The molecule has 1 fully saturated rings. The van der Waals surface area contributed by atoms with E-state index in [0.717, 1.165) is 0 Å². The summed E-state index contributed by atoms with van der Waals surface area (Å²) < 4.78 is 5.27. The van der Waals surface area contributed by atoms with Gasteiger partial charge in [0.15, 0.2) is 6.04 Å². The molecule has 9 nitrogen and oxygen atoms in total. The fraction of sp³-hybridized carbons (Fsp3) is 0.353. The number of amides is 1. The van der Waals surface area contributed by atoms with Gasteiger partial charge in [-0.25, -0.2) is 4.79 Å². The molecule has 28 heavy (non-hydrogen) atoms. The van der Waals surface area contributed by atoms with Crippen molar-refractivity contribution in [1.29, 1.82) is 0 Å². The van der Waals surface area contributed by atoms with Gasteiger partial charge < -0.3 is 9.64 Å². The van der Waals surface area contributed by atoms with Crippen molar-refractivity contribution < 1.29 is 19.2 Å². The van der Waals surface area contributed by atoms with Gasteiger partial charge in [0.2, 0.25) is 0 Å². The molecule has 3 rings (SSSR count). The van der Waals surface area contributed by atoms with Gasteiger partial charge in [-0.3, -0.25) is 24.8 Å². The molecule has 0 spiro atoms. The second-order valence-electron chi connectivity index (χ2n) is 6.34. The number of nitrogens with zero attached hydrogens (tertiary/aromatic N) is 4. The molecule has 0 bridgehead atoms. The SMILES string of the molecule is CN(C)C=NC1C(=O)N2C(C(=O)OCc3ccc([N+](=O)[O-])cc3)=C(Cl)CS[C@H]12. The Hall–Kier alpha value is -2.59. The molecule has 11 heteroatoms. The van der Waals surface area contributed by atoms with Crippen LogP contribution in [-0.2, 0) is 20.9 Å². The summed E-state index contributed by atoms with van der Waals surface area (Å²) in [6, 6.07) is 5.10. The van der Waals surface area contributed by atoms with Crippen molar-refractivity contribution in [2.24, 2.45) is 4.99 Å². The lowest BCUT2D eigenvalue weighted by Gasteiger charge is -2.47. The van der Waals surface area contributed by atoms with Gasteiger partial charge in [-0.05, 0) is 17.7 Å². The summed E-state index contributed by atoms with van der Waals surface area (Å²) in [6.07, 6.45) is 1.56. The van der Waals surface area contributed by atoms with Crippen molar-refractivity contribution in [3.05, 3.63) is 50.7 Å². The fourth-order valence-electron chi connectivity index (χ4n) is 2.69. The summed E-state index contributed by atoms with van der Waals surface area (Å²) in [6.45, 7) is -0.0907. The molecule has 2 aliphatic rings. The number of hydrogen-bond acceptors (Lipinski definition) is 7. The zero-order chi connectivity index (χ0) is 20.4. The summed E-state index contributed by atoms with van der Waals surface area (Å²) in [7, 11) is 3.60. The summed E-state index contributed by atoms with van der Waals surface area (Å²) in [5.41, 5.74) is 0.568. The van der Waals surface area contributed by atoms with E-state index < -0.39 is 16.9 Å². The van der Waals surface area contributed by atoms with Crippen LogP contribution in [0.5, 0.6) is 0 Å². The standard InChI is InChI=1S/C17H17ClN4O5S/c1-20(2)9-19-13-15(23)21-14(12(18)8-28-16(13)21)17(24)27-7-10-3-5-11(6-4-10)22(25)26/h3-6,9,13,16H,7-8H2,1-2H3/t13?,16-/m1/s1. The lowest BCUT2D eigenvalue weighted by atomic mass is 10.1. The Morgan fingerprint density at radius 3 is 2.75 bits per heavy atom. The van der Waals surface area contributed by atoms with Gasteiger partial charge >= 0.3 is 5.97 Å². The van der Waals surface area contributed by atoms with Crippen LogP contribution in [0.25, 0.3) is 0 Å². The quantitative estimate of drug-likeness (QED) is 0.171. The number of carbonyl (C=O) groups is 2. The molecule has 1 aromatic rings. The number of benzene rings is 1. The first-order valence-electron chi connectivity index (χ1n) is 8.23. The van der Waals surface area contributed by atoms with Crippen LogP contribution in [0.3, 0.4) is 0 Å². The number of hydrogen-bond donors (Lipinski definition) is 0. The minimum atomic E-state index is -0.711.